The van der Waals surface area contributed by atoms with Crippen LogP contribution >= 0.6 is 27.5 Å². The first kappa shape index (κ1) is 30.1. The predicted molar refractivity (Wildman–Crippen MR) is 165 cm³/mol. The molecule has 0 spiro atoms. The summed E-state index contributed by atoms with van der Waals surface area (Å²) >= 11 is 9.72. The van der Waals surface area contributed by atoms with Crippen molar-refractivity contribution in [2.24, 2.45) is 0 Å². The van der Waals surface area contributed by atoms with Crippen LogP contribution in [0.5, 0.6) is 5.75 Å². The molecule has 7 heteroatoms. The van der Waals surface area contributed by atoms with Gasteiger partial charge in [-0.15, -0.1) is 0 Å². The maximum atomic E-state index is 13.9. The Morgan fingerprint density at radius 3 is 2.33 bits per heavy atom. The van der Waals surface area contributed by atoms with Gasteiger partial charge < -0.3 is 15.0 Å². The summed E-state index contributed by atoms with van der Waals surface area (Å²) in [6.07, 6.45) is 5.77. The number of nitrogens with zero attached hydrogens (tertiary/aromatic N) is 1. The molecule has 40 heavy (non-hydrogen) atoms. The molecule has 1 atom stereocenters. The zero-order valence-corrected chi connectivity index (χ0v) is 25.6. The summed E-state index contributed by atoms with van der Waals surface area (Å²) in [7, 11) is 0. The number of amides is 2. The standard InChI is InChI=1S/C33H38BrClN2O3/c1-23(2)26-15-18-31(29(34)20-26)40-22-32(38)37(21-25-13-16-27(35)17-14-25)30(19-24-9-5-3-6-10-24)33(39)36-28-11-7-4-8-12-28/h3,5-6,9-10,13-18,20,23,28,30H,4,7-8,11-12,19,21-22H2,1-2H3,(H,36,39). The van der Waals surface area contributed by atoms with E-state index in [-0.39, 0.29) is 31.0 Å². The normalized spacial score (nSPS) is 14.5. The Labute approximate surface area is 251 Å². The summed E-state index contributed by atoms with van der Waals surface area (Å²) in [4.78, 5) is 29.4. The van der Waals surface area contributed by atoms with Crippen molar-refractivity contribution in [3.8, 4) is 5.75 Å². The van der Waals surface area contributed by atoms with Crippen LogP contribution in [0.25, 0.3) is 0 Å². The second kappa shape index (κ2) is 14.7. The number of rotatable bonds is 11. The SMILES string of the molecule is CC(C)c1ccc(OCC(=O)N(Cc2ccc(Cl)cc2)C(Cc2ccccc2)C(=O)NC2CCCCC2)c(Br)c1. The Hall–Kier alpha value is -2.83. The quantitative estimate of drug-likeness (QED) is 0.238. The van der Waals surface area contributed by atoms with Crippen LogP contribution in [0.1, 0.15) is 68.6 Å². The Morgan fingerprint density at radius 1 is 0.975 bits per heavy atom. The van der Waals surface area contributed by atoms with E-state index >= 15 is 0 Å². The number of ether oxygens (including phenoxy) is 1. The second-order valence-electron chi connectivity index (χ2n) is 10.8. The molecule has 4 rings (SSSR count). The van der Waals surface area contributed by atoms with Crippen molar-refractivity contribution in [2.75, 3.05) is 6.61 Å². The Balaban J connectivity index is 1.60. The van der Waals surface area contributed by atoms with Crippen LogP contribution in [0.2, 0.25) is 5.02 Å². The van der Waals surface area contributed by atoms with Gasteiger partial charge in [0.25, 0.3) is 5.91 Å². The molecular weight excluding hydrogens is 588 g/mol. The first-order chi connectivity index (χ1) is 19.3. The summed E-state index contributed by atoms with van der Waals surface area (Å²) in [6.45, 7) is 4.34. The van der Waals surface area contributed by atoms with E-state index in [9.17, 15) is 9.59 Å². The summed E-state index contributed by atoms with van der Waals surface area (Å²) in [5.41, 5.74) is 3.06. The van der Waals surface area contributed by atoms with E-state index < -0.39 is 6.04 Å². The van der Waals surface area contributed by atoms with Gasteiger partial charge in [-0.2, -0.15) is 0 Å². The number of nitrogens with one attached hydrogen (secondary N) is 1. The predicted octanol–water partition coefficient (Wildman–Crippen LogP) is 7.69. The van der Waals surface area contributed by atoms with Gasteiger partial charge in [0.2, 0.25) is 5.91 Å². The minimum atomic E-state index is -0.692. The fourth-order valence-corrected chi connectivity index (χ4v) is 5.74. The van der Waals surface area contributed by atoms with Gasteiger partial charge in [-0.3, -0.25) is 9.59 Å². The van der Waals surface area contributed by atoms with E-state index in [1.165, 1.54) is 12.0 Å². The van der Waals surface area contributed by atoms with E-state index in [1.54, 1.807) is 17.0 Å². The Kier molecular flexibility index (Phi) is 11.1. The first-order valence-electron chi connectivity index (χ1n) is 14.1. The highest BCUT2D eigenvalue weighted by atomic mass is 79.9. The van der Waals surface area contributed by atoms with Crippen molar-refractivity contribution in [3.63, 3.8) is 0 Å². The molecule has 0 heterocycles. The molecule has 0 aliphatic heterocycles. The monoisotopic (exact) mass is 624 g/mol. The molecule has 0 saturated heterocycles. The van der Waals surface area contributed by atoms with E-state index in [0.717, 1.165) is 41.3 Å². The Bertz CT molecular complexity index is 1260. The van der Waals surface area contributed by atoms with E-state index in [1.807, 2.05) is 60.7 Å². The summed E-state index contributed by atoms with van der Waals surface area (Å²) in [5, 5.41) is 3.89. The average Bonchev–Trinajstić information content (AvgIpc) is 2.96. The molecule has 1 aliphatic rings. The van der Waals surface area contributed by atoms with Gasteiger partial charge in [0.15, 0.2) is 6.61 Å². The largest absolute Gasteiger partial charge is 0.483 e. The van der Waals surface area contributed by atoms with Gasteiger partial charge in [0, 0.05) is 24.0 Å². The number of hydrogen-bond acceptors (Lipinski definition) is 3. The first-order valence-corrected chi connectivity index (χ1v) is 15.3. The zero-order valence-electron chi connectivity index (χ0n) is 23.2. The number of benzene rings is 3. The van der Waals surface area contributed by atoms with Crippen molar-refractivity contribution in [3.05, 3.63) is 99.0 Å². The lowest BCUT2D eigenvalue weighted by Gasteiger charge is -2.33. The third kappa shape index (κ3) is 8.58. The van der Waals surface area contributed by atoms with Crippen molar-refractivity contribution >= 4 is 39.3 Å². The van der Waals surface area contributed by atoms with Crippen LogP contribution < -0.4 is 10.1 Å². The van der Waals surface area contributed by atoms with E-state index in [4.69, 9.17) is 16.3 Å². The number of carbonyl (C=O) groups is 2. The number of hydrogen-bond donors (Lipinski definition) is 1. The average molecular weight is 626 g/mol. The third-order valence-corrected chi connectivity index (χ3v) is 8.33. The van der Waals surface area contributed by atoms with Gasteiger partial charge in [-0.25, -0.2) is 0 Å². The molecule has 0 aromatic heterocycles. The van der Waals surface area contributed by atoms with Crippen LogP contribution in [0.4, 0.5) is 0 Å². The fourth-order valence-electron chi connectivity index (χ4n) is 5.10. The molecule has 212 valence electrons. The van der Waals surface area contributed by atoms with Crippen molar-refractivity contribution in [2.45, 2.75) is 76.9 Å². The van der Waals surface area contributed by atoms with E-state index in [0.29, 0.717) is 23.1 Å². The molecule has 2 amide bonds. The molecule has 1 fully saturated rings. The van der Waals surface area contributed by atoms with Gasteiger partial charge in [-0.05, 0) is 75.6 Å². The van der Waals surface area contributed by atoms with Crippen LogP contribution in [-0.4, -0.2) is 35.4 Å². The lowest BCUT2D eigenvalue weighted by Crippen LogP contribution is -2.53. The van der Waals surface area contributed by atoms with Gasteiger partial charge in [-0.1, -0.05) is 93.2 Å². The highest BCUT2D eigenvalue weighted by Gasteiger charge is 2.32. The van der Waals surface area contributed by atoms with Crippen LogP contribution in [0, 0.1) is 0 Å². The highest BCUT2D eigenvalue weighted by Crippen LogP contribution is 2.29. The molecule has 1 N–H and O–H groups in total. The Morgan fingerprint density at radius 2 is 1.68 bits per heavy atom. The van der Waals surface area contributed by atoms with Crippen LogP contribution in [0.3, 0.4) is 0 Å². The zero-order chi connectivity index (χ0) is 28.5. The third-order valence-electron chi connectivity index (χ3n) is 7.46. The number of halogens is 2. The van der Waals surface area contributed by atoms with Crippen LogP contribution in [-0.2, 0) is 22.6 Å². The van der Waals surface area contributed by atoms with Crippen molar-refractivity contribution < 1.29 is 14.3 Å². The minimum absolute atomic E-state index is 0.125. The van der Waals surface area contributed by atoms with E-state index in [2.05, 4.69) is 35.1 Å². The van der Waals surface area contributed by atoms with Gasteiger partial charge >= 0.3 is 0 Å². The minimum Gasteiger partial charge on any atom is -0.483 e. The number of carbonyl (C=O) groups excluding carboxylic acids is 2. The molecule has 0 radical (unpaired) electrons. The summed E-state index contributed by atoms with van der Waals surface area (Å²) in [6, 6.07) is 22.6. The maximum Gasteiger partial charge on any atom is 0.261 e. The molecule has 5 nitrogen and oxygen atoms in total. The lowest BCUT2D eigenvalue weighted by atomic mass is 9.94. The topological polar surface area (TPSA) is 58.6 Å². The molecular formula is C33H38BrClN2O3. The molecule has 0 bridgehead atoms. The lowest BCUT2D eigenvalue weighted by molar-refractivity contribution is -0.143. The van der Waals surface area contributed by atoms with Crippen LogP contribution in [0.15, 0.2) is 77.3 Å². The summed E-state index contributed by atoms with van der Waals surface area (Å²) in [5.74, 6) is 0.591. The van der Waals surface area contributed by atoms with Gasteiger partial charge in [0.1, 0.15) is 11.8 Å². The van der Waals surface area contributed by atoms with Crippen molar-refractivity contribution in [1.29, 1.82) is 0 Å². The van der Waals surface area contributed by atoms with Gasteiger partial charge in [0.05, 0.1) is 4.47 Å². The molecule has 3 aromatic rings. The molecule has 3 aromatic carbocycles. The molecule has 1 unspecified atom stereocenters. The molecule has 1 aliphatic carbocycles. The smallest absolute Gasteiger partial charge is 0.261 e. The molecule has 1 saturated carbocycles. The van der Waals surface area contributed by atoms with Crippen molar-refractivity contribution in [1.82, 2.24) is 10.2 Å². The highest BCUT2D eigenvalue weighted by molar-refractivity contribution is 9.10. The second-order valence-corrected chi connectivity index (χ2v) is 12.1. The maximum absolute atomic E-state index is 13.9. The fraction of sp³-hybridized carbons (Fsp3) is 0.394. The summed E-state index contributed by atoms with van der Waals surface area (Å²) < 4.78 is 6.81.